The Labute approximate surface area is 143 Å². The lowest BCUT2D eigenvalue weighted by molar-refractivity contribution is 0.0927. The molecule has 2 heterocycles. The molecule has 1 fully saturated rings. The quantitative estimate of drug-likeness (QED) is 0.938. The first kappa shape index (κ1) is 15.4. The third-order valence-corrected chi connectivity index (χ3v) is 5.62. The number of carbonyl (C=O) groups excluding carboxylic acids is 1. The van der Waals surface area contributed by atoms with Crippen LogP contribution in [0.25, 0.3) is 0 Å². The Morgan fingerprint density at radius 1 is 0.958 bits per heavy atom. The van der Waals surface area contributed by atoms with E-state index in [0.29, 0.717) is 6.54 Å². The van der Waals surface area contributed by atoms with E-state index in [-0.39, 0.29) is 11.3 Å². The summed E-state index contributed by atoms with van der Waals surface area (Å²) in [6.07, 6.45) is 3.66. The number of likely N-dealkylation sites (tertiary alicyclic amines) is 1. The average Bonchev–Trinajstić information content (AvgIpc) is 3.16. The van der Waals surface area contributed by atoms with E-state index in [1.54, 1.807) is 0 Å². The van der Waals surface area contributed by atoms with Crippen LogP contribution in [0.5, 0.6) is 0 Å². The second kappa shape index (κ2) is 6.40. The molecule has 4 rings (SSSR count). The van der Waals surface area contributed by atoms with Crippen molar-refractivity contribution in [3.63, 3.8) is 0 Å². The van der Waals surface area contributed by atoms with Gasteiger partial charge in [-0.25, -0.2) is 0 Å². The van der Waals surface area contributed by atoms with E-state index < -0.39 is 0 Å². The number of fused-ring (bicyclic) bond motifs is 1. The second-order valence-electron chi connectivity index (χ2n) is 6.98. The van der Waals surface area contributed by atoms with E-state index in [9.17, 15) is 4.79 Å². The van der Waals surface area contributed by atoms with Crippen molar-refractivity contribution in [1.29, 1.82) is 0 Å². The number of amides is 1. The summed E-state index contributed by atoms with van der Waals surface area (Å²) < 4.78 is 0. The average molecular weight is 320 g/mol. The highest BCUT2D eigenvalue weighted by atomic mass is 16.1. The van der Waals surface area contributed by atoms with Gasteiger partial charge in [-0.2, -0.15) is 0 Å². The molecule has 1 unspecified atom stereocenters. The van der Waals surface area contributed by atoms with Crippen LogP contribution in [0.4, 0.5) is 0 Å². The molecule has 3 heteroatoms. The van der Waals surface area contributed by atoms with Crippen molar-refractivity contribution in [2.24, 2.45) is 0 Å². The minimum absolute atomic E-state index is 0.0540. The van der Waals surface area contributed by atoms with Gasteiger partial charge in [-0.3, -0.25) is 4.79 Å². The number of benzene rings is 2. The Bertz CT molecular complexity index is 722. The van der Waals surface area contributed by atoms with Crippen LogP contribution in [0.3, 0.4) is 0 Å². The summed E-state index contributed by atoms with van der Waals surface area (Å²) in [6, 6.07) is 18.8. The molecule has 3 nitrogen and oxygen atoms in total. The zero-order valence-electron chi connectivity index (χ0n) is 14.0. The fourth-order valence-electron chi connectivity index (χ4n) is 4.26. The molecule has 1 amide bonds. The van der Waals surface area contributed by atoms with Gasteiger partial charge < -0.3 is 10.2 Å². The van der Waals surface area contributed by atoms with Crippen molar-refractivity contribution in [1.82, 2.24) is 10.2 Å². The lowest BCUT2D eigenvalue weighted by Crippen LogP contribution is -2.49. The smallest absolute Gasteiger partial charge is 0.251 e. The molecule has 2 aliphatic heterocycles. The Hall–Kier alpha value is -2.13. The van der Waals surface area contributed by atoms with Gasteiger partial charge >= 0.3 is 0 Å². The lowest BCUT2D eigenvalue weighted by Gasteiger charge is -2.40. The number of hydrogen-bond donors (Lipinski definition) is 1. The highest BCUT2D eigenvalue weighted by Gasteiger charge is 2.40. The van der Waals surface area contributed by atoms with Crippen LogP contribution in [0.2, 0.25) is 0 Å². The van der Waals surface area contributed by atoms with Crippen molar-refractivity contribution in [3.05, 3.63) is 71.3 Å². The van der Waals surface area contributed by atoms with E-state index in [0.717, 1.165) is 18.5 Å². The van der Waals surface area contributed by atoms with Crippen molar-refractivity contribution in [2.75, 3.05) is 26.2 Å². The van der Waals surface area contributed by atoms with E-state index in [1.165, 1.54) is 37.1 Å². The monoisotopic (exact) mass is 320 g/mol. The molecule has 1 N–H and O–H groups in total. The number of nitrogens with zero attached hydrogens (tertiary/aromatic N) is 1. The van der Waals surface area contributed by atoms with E-state index in [1.807, 2.05) is 12.1 Å². The first-order valence-electron chi connectivity index (χ1n) is 8.95. The molecule has 2 aromatic carbocycles. The molecule has 2 aromatic rings. The van der Waals surface area contributed by atoms with Gasteiger partial charge in [-0.05, 0) is 56.1 Å². The van der Waals surface area contributed by atoms with Gasteiger partial charge in [0.05, 0.1) is 0 Å². The van der Waals surface area contributed by atoms with Crippen LogP contribution in [0.1, 0.15) is 40.7 Å². The lowest BCUT2D eigenvalue weighted by atomic mass is 9.68. The molecule has 1 saturated heterocycles. The van der Waals surface area contributed by atoms with Gasteiger partial charge in [-0.15, -0.1) is 0 Å². The molecular formula is C21H24N2O. The third kappa shape index (κ3) is 2.63. The summed E-state index contributed by atoms with van der Waals surface area (Å²) in [5.74, 6) is 0.0540. The highest BCUT2D eigenvalue weighted by Crippen LogP contribution is 2.39. The summed E-state index contributed by atoms with van der Waals surface area (Å²) >= 11 is 0. The Morgan fingerprint density at radius 2 is 1.67 bits per heavy atom. The number of rotatable bonds is 4. The standard InChI is InChI=1S/C21H24N2O/c24-20-18-10-4-5-11-19(18)21(16-22-20,17-8-2-1-3-9-17)12-15-23-13-6-7-14-23/h1-5,8-11H,6-7,12-16H2,(H,22,24). The van der Waals surface area contributed by atoms with Crippen LogP contribution in [-0.4, -0.2) is 37.0 Å². The predicted molar refractivity (Wildman–Crippen MR) is 96.3 cm³/mol. The highest BCUT2D eigenvalue weighted by molar-refractivity contribution is 5.97. The molecule has 0 radical (unpaired) electrons. The van der Waals surface area contributed by atoms with Crippen molar-refractivity contribution in [3.8, 4) is 0 Å². The van der Waals surface area contributed by atoms with Gasteiger partial charge in [-0.1, -0.05) is 48.5 Å². The summed E-state index contributed by atoms with van der Waals surface area (Å²) in [7, 11) is 0. The molecule has 0 saturated carbocycles. The predicted octanol–water partition coefficient (Wildman–Crippen LogP) is 3.20. The fraction of sp³-hybridized carbons (Fsp3) is 0.381. The molecule has 0 spiro atoms. The molecular weight excluding hydrogens is 296 g/mol. The summed E-state index contributed by atoms with van der Waals surface area (Å²) in [4.78, 5) is 14.9. The van der Waals surface area contributed by atoms with Crippen molar-refractivity contribution >= 4 is 5.91 Å². The summed E-state index contributed by atoms with van der Waals surface area (Å²) in [5, 5.41) is 3.15. The van der Waals surface area contributed by atoms with Crippen LogP contribution >= 0.6 is 0 Å². The first-order valence-corrected chi connectivity index (χ1v) is 8.95. The molecule has 2 aliphatic rings. The first-order chi connectivity index (χ1) is 11.8. The van der Waals surface area contributed by atoms with Crippen molar-refractivity contribution < 1.29 is 4.79 Å². The molecule has 0 bridgehead atoms. The number of nitrogens with one attached hydrogen (secondary N) is 1. The minimum Gasteiger partial charge on any atom is -0.351 e. The molecule has 124 valence electrons. The molecule has 0 aliphatic carbocycles. The fourth-order valence-corrected chi connectivity index (χ4v) is 4.26. The minimum atomic E-state index is -0.131. The number of hydrogen-bond acceptors (Lipinski definition) is 2. The maximum absolute atomic E-state index is 12.3. The molecule has 24 heavy (non-hydrogen) atoms. The van der Waals surface area contributed by atoms with E-state index >= 15 is 0 Å². The largest absolute Gasteiger partial charge is 0.351 e. The van der Waals surface area contributed by atoms with Gasteiger partial charge in [0.25, 0.3) is 5.91 Å². The molecule has 1 atom stereocenters. The summed E-state index contributed by atoms with van der Waals surface area (Å²) in [6.45, 7) is 4.18. The Balaban J connectivity index is 1.76. The zero-order valence-corrected chi connectivity index (χ0v) is 14.0. The second-order valence-corrected chi connectivity index (χ2v) is 6.98. The van der Waals surface area contributed by atoms with E-state index in [4.69, 9.17) is 0 Å². The zero-order chi connectivity index (χ0) is 16.4. The topological polar surface area (TPSA) is 32.3 Å². The van der Waals surface area contributed by atoms with Gasteiger partial charge in [0.2, 0.25) is 0 Å². The SMILES string of the molecule is O=C1NCC(CCN2CCCC2)(c2ccccc2)c2ccccc21. The summed E-state index contributed by atoms with van der Waals surface area (Å²) in [5.41, 5.74) is 3.18. The van der Waals surface area contributed by atoms with Crippen LogP contribution in [0, 0.1) is 0 Å². The van der Waals surface area contributed by atoms with Crippen molar-refractivity contribution in [2.45, 2.75) is 24.7 Å². The normalized spacial score (nSPS) is 23.8. The van der Waals surface area contributed by atoms with Crippen LogP contribution in [0.15, 0.2) is 54.6 Å². The van der Waals surface area contributed by atoms with E-state index in [2.05, 4.69) is 52.7 Å². The molecule has 0 aromatic heterocycles. The van der Waals surface area contributed by atoms with Crippen LogP contribution in [-0.2, 0) is 5.41 Å². The maximum Gasteiger partial charge on any atom is 0.251 e. The van der Waals surface area contributed by atoms with Gasteiger partial charge in [0.1, 0.15) is 0 Å². The van der Waals surface area contributed by atoms with Gasteiger partial charge in [0.15, 0.2) is 0 Å². The Kier molecular flexibility index (Phi) is 4.11. The van der Waals surface area contributed by atoms with Crippen LogP contribution < -0.4 is 5.32 Å². The third-order valence-electron chi connectivity index (χ3n) is 5.62. The van der Waals surface area contributed by atoms with Gasteiger partial charge in [0, 0.05) is 17.5 Å². The number of carbonyl (C=O) groups is 1. The Morgan fingerprint density at radius 3 is 2.46 bits per heavy atom. The maximum atomic E-state index is 12.3.